The van der Waals surface area contributed by atoms with Crippen molar-refractivity contribution in [3.63, 3.8) is 0 Å². The van der Waals surface area contributed by atoms with Gasteiger partial charge in [-0.2, -0.15) is 0 Å². The summed E-state index contributed by atoms with van der Waals surface area (Å²) in [5.74, 6) is 1.74. The average molecular weight is 224 g/mol. The molecule has 0 radical (unpaired) electrons. The van der Waals surface area contributed by atoms with Crippen LogP contribution in [0.3, 0.4) is 0 Å². The molecule has 1 saturated carbocycles. The van der Waals surface area contributed by atoms with E-state index < -0.39 is 0 Å². The zero-order valence-corrected chi connectivity index (χ0v) is 9.24. The summed E-state index contributed by atoms with van der Waals surface area (Å²) >= 11 is 5.79. The van der Waals surface area contributed by atoms with Gasteiger partial charge in [0, 0.05) is 19.3 Å². The highest BCUT2D eigenvalue weighted by Gasteiger charge is 2.50. The predicted octanol–water partition coefficient (Wildman–Crippen LogP) is 1.66. The van der Waals surface area contributed by atoms with Crippen LogP contribution in [0.5, 0.6) is 0 Å². The van der Waals surface area contributed by atoms with Crippen LogP contribution >= 0.6 is 11.6 Å². The van der Waals surface area contributed by atoms with Crippen molar-refractivity contribution < 1.29 is 0 Å². The van der Waals surface area contributed by atoms with Crippen LogP contribution in [0.2, 0.25) is 5.02 Å². The summed E-state index contributed by atoms with van der Waals surface area (Å²) in [5, 5.41) is 0.681. The van der Waals surface area contributed by atoms with E-state index in [0.717, 1.165) is 24.8 Å². The van der Waals surface area contributed by atoms with E-state index in [-0.39, 0.29) is 5.54 Å². The van der Waals surface area contributed by atoms with Crippen LogP contribution in [0.25, 0.3) is 0 Å². The van der Waals surface area contributed by atoms with E-state index in [1.807, 2.05) is 12.1 Å². The maximum atomic E-state index is 6.27. The molecule has 80 valence electrons. The first-order valence-corrected chi connectivity index (χ1v) is 5.71. The molecular formula is C11H14ClN3. The number of hydrogen-bond donors (Lipinski definition) is 1. The van der Waals surface area contributed by atoms with E-state index in [9.17, 15) is 0 Å². The molecule has 0 amide bonds. The topological polar surface area (TPSA) is 42.1 Å². The summed E-state index contributed by atoms with van der Waals surface area (Å²) in [7, 11) is 0. The quantitative estimate of drug-likeness (QED) is 0.829. The number of halogens is 1. The minimum absolute atomic E-state index is 0.0569. The van der Waals surface area contributed by atoms with Crippen molar-refractivity contribution in [1.29, 1.82) is 0 Å². The third kappa shape index (κ3) is 1.60. The van der Waals surface area contributed by atoms with Gasteiger partial charge in [-0.3, -0.25) is 0 Å². The van der Waals surface area contributed by atoms with Crippen molar-refractivity contribution in [2.24, 2.45) is 11.7 Å². The Morgan fingerprint density at radius 2 is 2.13 bits per heavy atom. The first kappa shape index (κ1) is 9.43. The normalized spacial score (nSPS) is 23.7. The maximum Gasteiger partial charge on any atom is 0.128 e. The fourth-order valence-electron chi connectivity index (χ4n) is 2.30. The molecule has 0 bridgehead atoms. The number of hydrogen-bond acceptors (Lipinski definition) is 3. The highest BCUT2D eigenvalue weighted by Crippen LogP contribution is 2.43. The summed E-state index contributed by atoms with van der Waals surface area (Å²) in [6.07, 6.45) is 4.29. The lowest BCUT2D eigenvalue weighted by molar-refractivity contribution is 0.289. The van der Waals surface area contributed by atoms with Gasteiger partial charge < -0.3 is 10.6 Å². The van der Waals surface area contributed by atoms with Gasteiger partial charge in [0.2, 0.25) is 0 Å². The number of nitrogens with two attached hydrogens (primary N) is 1. The molecule has 0 spiro atoms. The van der Waals surface area contributed by atoms with E-state index >= 15 is 0 Å². The molecule has 2 N–H and O–H groups in total. The molecule has 0 atom stereocenters. The van der Waals surface area contributed by atoms with Crippen molar-refractivity contribution >= 4 is 17.4 Å². The number of nitrogens with zero attached hydrogens (tertiary/aromatic N) is 2. The Morgan fingerprint density at radius 3 is 2.67 bits per heavy atom. The van der Waals surface area contributed by atoms with Crippen LogP contribution in [0.4, 0.5) is 5.82 Å². The molecule has 1 aliphatic carbocycles. The zero-order valence-electron chi connectivity index (χ0n) is 8.49. The Balaban J connectivity index is 1.69. The summed E-state index contributed by atoms with van der Waals surface area (Å²) in [6, 6.07) is 3.83. The van der Waals surface area contributed by atoms with Gasteiger partial charge in [0.05, 0.1) is 10.6 Å². The van der Waals surface area contributed by atoms with Gasteiger partial charge in [-0.1, -0.05) is 11.6 Å². The molecule has 1 saturated heterocycles. The summed E-state index contributed by atoms with van der Waals surface area (Å²) in [5.41, 5.74) is 6.33. The molecule has 15 heavy (non-hydrogen) atoms. The second kappa shape index (κ2) is 3.09. The van der Waals surface area contributed by atoms with Crippen LogP contribution in [0.15, 0.2) is 18.3 Å². The molecule has 2 fully saturated rings. The van der Waals surface area contributed by atoms with Crippen LogP contribution in [0, 0.1) is 5.92 Å². The fourth-order valence-corrected chi connectivity index (χ4v) is 2.41. The zero-order chi connectivity index (χ0) is 10.5. The summed E-state index contributed by atoms with van der Waals surface area (Å²) in [4.78, 5) is 6.50. The van der Waals surface area contributed by atoms with Gasteiger partial charge in [-0.05, 0) is 30.9 Å². The smallest absolute Gasteiger partial charge is 0.128 e. The lowest BCUT2D eigenvalue weighted by Gasteiger charge is -2.49. The first-order valence-electron chi connectivity index (χ1n) is 5.33. The fraction of sp³-hybridized carbons (Fsp3) is 0.545. The number of pyridine rings is 1. The lowest BCUT2D eigenvalue weighted by Crippen LogP contribution is -2.69. The minimum atomic E-state index is 0.0569. The third-order valence-corrected chi connectivity index (χ3v) is 3.62. The number of anilines is 1. The van der Waals surface area contributed by atoms with E-state index in [2.05, 4.69) is 9.88 Å². The highest BCUT2D eigenvalue weighted by molar-refractivity contribution is 6.30. The molecule has 3 rings (SSSR count). The van der Waals surface area contributed by atoms with Crippen LogP contribution in [-0.2, 0) is 0 Å². The van der Waals surface area contributed by atoms with E-state index in [1.54, 1.807) is 6.20 Å². The minimum Gasteiger partial charge on any atom is -0.353 e. The van der Waals surface area contributed by atoms with Gasteiger partial charge in [0.25, 0.3) is 0 Å². The summed E-state index contributed by atoms with van der Waals surface area (Å²) < 4.78 is 0. The Kier molecular flexibility index (Phi) is 1.94. The van der Waals surface area contributed by atoms with E-state index in [4.69, 9.17) is 17.3 Å². The molecule has 1 aromatic rings. The Hall–Kier alpha value is -0.800. The highest BCUT2D eigenvalue weighted by atomic mass is 35.5. The van der Waals surface area contributed by atoms with E-state index in [0.29, 0.717) is 5.02 Å². The first-order chi connectivity index (χ1) is 7.17. The molecule has 2 heterocycles. The Bertz CT molecular complexity index is 366. The van der Waals surface area contributed by atoms with E-state index in [1.165, 1.54) is 12.8 Å². The van der Waals surface area contributed by atoms with Gasteiger partial charge in [0.1, 0.15) is 5.82 Å². The maximum absolute atomic E-state index is 6.27. The third-order valence-electron chi connectivity index (χ3n) is 3.40. The average Bonchev–Trinajstić information content (AvgIpc) is 2.98. The molecule has 0 aromatic carbocycles. The monoisotopic (exact) mass is 223 g/mol. The second-order valence-corrected chi connectivity index (χ2v) is 5.13. The molecule has 1 aromatic heterocycles. The molecule has 0 unspecified atom stereocenters. The molecule has 3 nitrogen and oxygen atoms in total. The Labute approximate surface area is 94.2 Å². The van der Waals surface area contributed by atoms with Crippen molar-refractivity contribution in [1.82, 2.24) is 4.98 Å². The number of aromatic nitrogens is 1. The van der Waals surface area contributed by atoms with Gasteiger partial charge in [-0.15, -0.1) is 0 Å². The molecule has 4 heteroatoms. The van der Waals surface area contributed by atoms with Crippen molar-refractivity contribution in [3.8, 4) is 0 Å². The van der Waals surface area contributed by atoms with Crippen LogP contribution < -0.4 is 10.6 Å². The largest absolute Gasteiger partial charge is 0.353 e. The standard InChI is InChI=1S/C11H14ClN3/c12-9-3-4-10(14-5-9)15-6-11(13,7-15)8-1-2-8/h3-5,8H,1-2,6-7,13H2. The number of rotatable bonds is 2. The SMILES string of the molecule is NC1(C2CC2)CN(c2ccc(Cl)cn2)C1. The van der Waals surface area contributed by atoms with Crippen LogP contribution in [0.1, 0.15) is 12.8 Å². The molecule has 1 aliphatic heterocycles. The van der Waals surface area contributed by atoms with Gasteiger partial charge >= 0.3 is 0 Å². The molecule has 2 aliphatic rings. The Morgan fingerprint density at radius 1 is 1.40 bits per heavy atom. The summed E-state index contributed by atoms with van der Waals surface area (Å²) in [6.45, 7) is 1.87. The predicted molar refractivity (Wildman–Crippen MR) is 61.1 cm³/mol. The second-order valence-electron chi connectivity index (χ2n) is 4.70. The van der Waals surface area contributed by atoms with Crippen molar-refractivity contribution in [3.05, 3.63) is 23.4 Å². The van der Waals surface area contributed by atoms with Gasteiger partial charge in [0.15, 0.2) is 0 Å². The van der Waals surface area contributed by atoms with Crippen molar-refractivity contribution in [2.45, 2.75) is 18.4 Å². The molecular weight excluding hydrogens is 210 g/mol. The van der Waals surface area contributed by atoms with Gasteiger partial charge in [-0.25, -0.2) is 4.98 Å². The lowest BCUT2D eigenvalue weighted by atomic mass is 9.86. The van der Waals surface area contributed by atoms with Crippen molar-refractivity contribution in [2.75, 3.05) is 18.0 Å². The van der Waals surface area contributed by atoms with Crippen LogP contribution in [-0.4, -0.2) is 23.6 Å².